The number of alkyl halides is 4. The molecule has 0 atom stereocenters. The number of ether oxygens (including phenoxy) is 3. The number of benzene rings is 1. The maximum absolute atomic E-state index is 12.5. The highest BCUT2D eigenvalue weighted by Crippen LogP contribution is 2.38. The van der Waals surface area contributed by atoms with Crippen LogP contribution in [0.5, 0.6) is 17.2 Å². The highest BCUT2D eigenvalue weighted by Gasteiger charge is 2.20. The summed E-state index contributed by atoms with van der Waals surface area (Å²) in [4.78, 5) is 4.09. The SMILES string of the molecule is CCNC(=NCc1cc2c(cc1OC(F)F)OCO2)NCC(F)F.I. The lowest BCUT2D eigenvalue weighted by Crippen LogP contribution is -2.39. The highest BCUT2D eigenvalue weighted by atomic mass is 127. The Labute approximate surface area is 158 Å². The molecule has 142 valence electrons. The van der Waals surface area contributed by atoms with Gasteiger partial charge in [0.2, 0.25) is 6.79 Å². The number of nitrogens with one attached hydrogen (secondary N) is 2. The first-order valence-electron chi connectivity index (χ1n) is 7.17. The minimum atomic E-state index is -3.02. The van der Waals surface area contributed by atoms with Gasteiger partial charge in [0.15, 0.2) is 17.5 Å². The monoisotopic (exact) mass is 479 g/mol. The Morgan fingerprint density at radius 3 is 2.48 bits per heavy atom. The summed E-state index contributed by atoms with van der Waals surface area (Å²) in [5.74, 6) is 0.703. The molecule has 0 aromatic heterocycles. The predicted molar refractivity (Wildman–Crippen MR) is 93.4 cm³/mol. The van der Waals surface area contributed by atoms with E-state index < -0.39 is 19.6 Å². The summed E-state index contributed by atoms with van der Waals surface area (Å²) >= 11 is 0. The highest BCUT2D eigenvalue weighted by molar-refractivity contribution is 14.0. The molecule has 0 bridgehead atoms. The number of halogens is 5. The summed E-state index contributed by atoms with van der Waals surface area (Å²) in [5, 5.41) is 5.23. The van der Waals surface area contributed by atoms with Crippen molar-refractivity contribution in [1.29, 1.82) is 0 Å². The third-order valence-electron chi connectivity index (χ3n) is 2.95. The van der Waals surface area contributed by atoms with E-state index >= 15 is 0 Å². The van der Waals surface area contributed by atoms with Gasteiger partial charge in [-0.15, -0.1) is 24.0 Å². The molecule has 0 aliphatic carbocycles. The average Bonchev–Trinajstić information content (AvgIpc) is 2.96. The molecule has 0 amide bonds. The number of rotatable bonds is 7. The fourth-order valence-corrected chi connectivity index (χ4v) is 1.97. The molecular formula is C14H18F4IN3O3. The van der Waals surface area contributed by atoms with Crippen LogP contribution in [0.25, 0.3) is 0 Å². The quantitative estimate of drug-likeness (QED) is 0.273. The van der Waals surface area contributed by atoms with Gasteiger partial charge in [-0.05, 0) is 13.0 Å². The van der Waals surface area contributed by atoms with Gasteiger partial charge in [0, 0.05) is 18.2 Å². The van der Waals surface area contributed by atoms with E-state index in [1.165, 1.54) is 12.1 Å². The third-order valence-corrected chi connectivity index (χ3v) is 2.95. The molecule has 6 nitrogen and oxygen atoms in total. The molecule has 1 aromatic carbocycles. The van der Waals surface area contributed by atoms with Crippen molar-refractivity contribution in [1.82, 2.24) is 10.6 Å². The molecular weight excluding hydrogens is 461 g/mol. The number of aliphatic imine (C=N–C) groups is 1. The lowest BCUT2D eigenvalue weighted by Gasteiger charge is -2.13. The second-order valence-corrected chi connectivity index (χ2v) is 4.66. The fraction of sp³-hybridized carbons (Fsp3) is 0.500. The number of guanidine groups is 1. The molecule has 0 saturated carbocycles. The van der Waals surface area contributed by atoms with Gasteiger partial charge in [-0.2, -0.15) is 8.78 Å². The fourth-order valence-electron chi connectivity index (χ4n) is 1.97. The van der Waals surface area contributed by atoms with Gasteiger partial charge in [-0.3, -0.25) is 0 Å². The standard InChI is InChI=1S/C14H17F4N3O3.HI/c1-2-19-14(21-6-12(15)16)20-5-8-3-10-11(23-7-22-10)4-9(8)24-13(17)18;/h3-4,12-13H,2,5-7H2,1H3,(H2,19,20,21);1H. The second-order valence-electron chi connectivity index (χ2n) is 4.66. The molecule has 1 aliphatic heterocycles. The number of hydrogen-bond donors (Lipinski definition) is 2. The first-order valence-corrected chi connectivity index (χ1v) is 7.17. The summed E-state index contributed by atoms with van der Waals surface area (Å²) < 4.78 is 64.4. The smallest absolute Gasteiger partial charge is 0.387 e. The summed E-state index contributed by atoms with van der Waals surface area (Å²) in [7, 11) is 0. The van der Waals surface area contributed by atoms with E-state index in [0.29, 0.717) is 23.6 Å². The zero-order chi connectivity index (χ0) is 17.5. The molecule has 0 radical (unpaired) electrons. The van der Waals surface area contributed by atoms with Crippen molar-refractivity contribution < 1.29 is 31.8 Å². The Hall–Kier alpha value is -1.66. The van der Waals surface area contributed by atoms with Crippen LogP contribution >= 0.6 is 24.0 Å². The van der Waals surface area contributed by atoms with E-state index in [1.807, 2.05) is 0 Å². The Balaban J connectivity index is 0.00000312. The van der Waals surface area contributed by atoms with Crippen molar-refractivity contribution >= 4 is 29.9 Å². The molecule has 0 saturated heterocycles. The van der Waals surface area contributed by atoms with Crippen LogP contribution in [0.2, 0.25) is 0 Å². The number of fused-ring (bicyclic) bond motifs is 1. The molecule has 2 rings (SSSR count). The maximum Gasteiger partial charge on any atom is 0.387 e. The van der Waals surface area contributed by atoms with Crippen LogP contribution in [0.4, 0.5) is 17.6 Å². The molecule has 1 aromatic rings. The van der Waals surface area contributed by atoms with Gasteiger partial charge in [-0.1, -0.05) is 0 Å². The van der Waals surface area contributed by atoms with Crippen LogP contribution in [-0.4, -0.2) is 38.9 Å². The van der Waals surface area contributed by atoms with Gasteiger partial charge in [0.25, 0.3) is 6.43 Å². The topological polar surface area (TPSA) is 64.1 Å². The van der Waals surface area contributed by atoms with Crippen LogP contribution in [-0.2, 0) is 6.54 Å². The maximum atomic E-state index is 12.5. The summed E-state index contributed by atoms with van der Waals surface area (Å²) in [6.45, 7) is -1.46. The van der Waals surface area contributed by atoms with Crippen LogP contribution in [0, 0.1) is 0 Å². The minimum absolute atomic E-state index is 0. The number of nitrogens with zero attached hydrogens (tertiary/aromatic N) is 1. The summed E-state index contributed by atoms with van der Waals surface area (Å²) in [5.41, 5.74) is 0.314. The van der Waals surface area contributed by atoms with Crippen molar-refractivity contribution in [2.75, 3.05) is 19.9 Å². The number of hydrogen-bond acceptors (Lipinski definition) is 4. The van der Waals surface area contributed by atoms with Gasteiger partial charge in [0.1, 0.15) is 5.75 Å². The zero-order valence-electron chi connectivity index (χ0n) is 13.2. The van der Waals surface area contributed by atoms with E-state index in [9.17, 15) is 17.6 Å². The van der Waals surface area contributed by atoms with E-state index in [4.69, 9.17) is 9.47 Å². The Morgan fingerprint density at radius 2 is 1.88 bits per heavy atom. The van der Waals surface area contributed by atoms with Crippen LogP contribution in [0.3, 0.4) is 0 Å². The van der Waals surface area contributed by atoms with Gasteiger partial charge in [-0.25, -0.2) is 13.8 Å². The van der Waals surface area contributed by atoms with Gasteiger partial charge < -0.3 is 24.8 Å². The molecule has 0 unspecified atom stereocenters. The first kappa shape index (κ1) is 21.4. The predicted octanol–water partition coefficient (Wildman–Crippen LogP) is 2.95. The molecule has 1 heterocycles. The largest absolute Gasteiger partial charge is 0.454 e. The van der Waals surface area contributed by atoms with Crippen molar-refractivity contribution in [3.8, 4) is 17.2 Å². The van der Waals surface area contributed by atoms with E-state index in [1.54, 1.807) is 6.92 Å². The first-order chi connectivity index (χ1) is 11.5. The molecule has 0 fully saturated rings. The lowest BCUT2D eigenvalue weighted by molar-refractivity contribution is -0.0505. The summed E-state index contributed by atoms with van der Waals surface area (Å²) in [6, 6.07) is 2.76. The van der Waals surface area contributed by atoms with Crippen molar-refractivity contribution in [2.45, 2.75) is 26.5 Å². The molecule has 2 N–H and O–H groups in total. The van der Waals surface area contributed by atoms with E-state index in [-0.39, 0.29) is 49.0 Å². The normalized spacial score (nSPS) is 13.0. The molecule has 11 heteroatoms. The van der Waals surface area contributed by atoms with Crippen molar-refractivity contribution in [3.05, 3.63) is 17.7 Å². The van der Waals surface area contributed by atoms with Crippen molar-refractivity contribution in [3.63, 3.8) is 0 Å². The second kappa shape index (κ2) is 10.4. The van der Waals surface area contributed by atoms with Gasteiger partial charge >= 0.3 is 6.61 Å². The van der Waals surface area contributed by atoms with Gasteiger partial charge in [0.05, 0.1) is 13.1 Å². The molecule has 0 spiro atoms. The van der Waals surface area contributed by atoms with Crippen LogP contribution < -0.4 is 24.8 Å². The van der Waals surface area contributed by atoms with Crippen LogP contribution in [0.15, 0.2) is 17.1 Å². The Bertz CT molecular complexity index is 591. The van der Waals surface area contributed by atoms with Crippen molar-refractivity contribution in [2.24, 2.45) is 4.99 Å². The van der Waals surface area contributed by atoms with E-state index in [0.717, 1.165) is 0 Å². The molecule has 1 aliphatic rings. The third kappa shape index (κ3) is 6.63. The zero-order valence-corrected chi connectivity index (χ0v) is 15.6. The molecule has 25 heavy (non-hydrogen) atoms. The lowest BCUT2D eigenvalue weighted by atomic mass is 10.1. The minimum Gasteiger partial charge on any atom is -0.454 e. The summed E-state index contributed by atoms with van der Waals surface area (Å²) in [6.07, 6.45) is -2.54. The average molecular weight is 479 g/mol. The Kier molecular flexibility index (Phi) is 8.86. The van der Waals surface area contributed by atoms with E-state index in [2.05, 4.69) is 20.4 Å². The Morgan fingerprint density at radius 1 is 1.20 bits per heavy atom. The van der Waals surface area contributed by atoms with Crippen LogP contribution in [0.1, 0.15) is 12.5 Å².